The molecular weight excluding hydrogens is 620 g/mol. The van der Waals surface area contributed by atoms with Crippen LogP contribution in [0.1, 0.15) is 48.5 Å². The van der Waals surface area contributed by atoms with Crippen LogP contribution in [-0.2, 0) is 4.74 Å². The van der Waals surface area contributed by atoms with Crippen molar-refractivity contribution in [3.63, 3.8) is 0 Å². The Morgan fingerprint density at radius 2 is 1.96 bits per heavy atom. The second kappa shape index (κ2) is 14.5. The molecule has 0 spiro atoms. The van der Waals surface area contributed by atoms with Crippen LogP contribution in [0.3, 0.4) is 0 Å². The zero-order valence-electron chi connectivity index (χ0n) is 28.3. The zero-order chi connectivity index (χ0) is 33.9. The Labute approximate surface area is 287 Å². The van der Waals surface area contributed by atoms with Crippen LogP contribution in [-0.4, -0.2) is 110 Å². The number of benzene rings is 1. The number of H-pyrrole nitrogens is 1. The van der Waals surface area contributed by atoms with E-state index in [0.29, 0.717) is 47.8 Å². The molecule has 2 aromatic heterocycles. The molecule has 1 unspecified atom stereocenters. The van der Waals surface area contributed by atoms with Gasteiger partial charge in [0.05, 0.1) is 30.5 Å². The summed E-state index contributed by atoms with van der Waals surface area (Å²) in [6, 6.07) is 8.34. The molecule has 3 atom stereocenters. The summed E-state index contributed by atoms with van der Waals surface area (Å²) in [7, 11) is 0. The zero-order valence-corrected chi connectivity index (χ0v) is 28.3. The van der Waals surface area contributed by atoms with E-state index < -0.39 is 6.23 Å². The Balaban J connectivity index is 0.976. The molecule has 1 aliphatic carbocycles. The van der Waals surface area contributed by atoms with Crippen molar-refractivity contribution in [1.82, 2.24) is 39.8 Å². The number of nitrogens with zero attached hydrogens (tertiary/aromatic N) is 8. The van der Waals surface area contributed by atoms with Gasteiger partial charge >= 0.3 is 0 Å². The SMILES string of the molecule is Cc1n[nH]c(C)c1C(O)N1CC[C@H](Oc2ccc(-c3ncnc(NC4=CC=C(N5CCN(C6COC6)CC5)CC=C4)n3)cc2C#N)[C@H](C)C1. The number of anilines is 1. The molecule has 7 rings (SSSR count). The number of aromatic amines is 1. The Morgan fingerprint density at radius 3 is 2.67 bits per heavy atom. The van der Waals surface area contributed by atoms with E-state index in [-0.39, 0.29) is 12.0 Å². The topological polar surface area (TPSA) is 152 Å². The number of aliphatic hydroxyl groups is 1. The largest absolute Gasteiger partial charge is 0.489 e. The number of hydrogen-bond acceptors (Lipinski definition) is 12. The van der Waals surface area contributed by atoms with Crippen molar-refractivity contribution in [1.29, 1.82) is 5.26 Å². The molecule has 256 valence electrons. The molecule has 3 N–H and O–H groups in total. The molecular formula is C36H44N10O3. The summed E-state index contributed by atoms with van der Waals surface area (Å²) in [6.45, 7) is 13.2. The predicted octanol–water partition coefficient (Wildman–Crippen LogP) is 3.69. The maximum atomic E-state index is 11.1. The second-order valence-electron chi connectivity index (χ2n) is 13.3. The predicted molar refractivity (Wildman–Crippen MR) is 184 cm³/mol. The van der Waals surface area contributed by atoms with Gasteiger partial charge in [-0.05, 0) is 56.7 Å². The molecule has 13 nitrogen and oxygen atoms in total. The quantitative estimate of drug-likeness (QED) is 0.306. The first-order chi connectivity index (χ1) is 23.9. The van der Waals surface area contributed by atoms with Crippen LogP contribution >= 0.6 is 0 Å². The fourth-order valence-corrected chi connectivity index (χ4v) is 7.07. The van der Waals surface area contributed by atoms with E-state index in [1.165, 1.54) is 12.0 Å². The van der Waals surface area contributed by atoms with Crippen LogP contribution < -0.4 is 10.1 Å². The average molecular weight is 665 g/mol. The van der Waals surface area contributed by atoms with E-state index in [1.807, 2.05) is 26.0 Å². The summed E-state index contributed by atoms with van der Waals surface area (Å²) in [6.07, 6.45) is 10.7. The summed E-state index contributed by atoms with van der Waals surface area (Å²) in [5.41, 5.74) is 5.83. The number of piperidine rings is 1. The molecule has 13 heteroatoms. The number of ether oxygens (including phenoxy) is 2. The van der Waals surface area contributed by atoms with E-state index in [2.05, 4.69) is 82.5 Å². The monoisotopic (exact) mass is 664 g/mol. The van der Waals surface area contributed by atoms with Gasteiger partial charge in [-0.1, -0.05) is 13.0 Å². The number of piperazine rings is 1. The first kappa shape index (κ1) is 32.9. The van der Waals surface area contributed by atoms with Crippen LogP contribution in [0, 0.1) is 31.1 Å². The summed E-state index contributed by atoms with van der Waals surface area (Å²) < 4.78 is 11.8. The molecule has 0 radical (unpaired) electrons. The minimum atomic E-state index is -0.723. The highest BCUT2D eigenvalue weighted by atomic mass is 16.5. The lowest BCUT2D eigenvalue weighted by molar-refractivity contribution is -0.0748. The smallest absolute Gasteiger partial charge is 0.230 e. The van der Waals surface area contributed by atoms with Gasteiger partial charge in [-0.3, -0.25) is 14.9 Å². The molecule has 0 saturated carbocycles. The Bertz CT molecular complexity index is 1760. The summed E-state index contributed by atoms with van der Waals surface area (Å²) in [5, 5.41) is 31.6. The third kappa shape index (κ3) is 7.23. The third-order valence-electron chi connectivity index (χ3n) is 10.0. The van der Waals surface area contributed by atoms with Gasteiger partial charge in [-0.15, -0.1) is 0 Å². The minimum absolute atomic E-state index is 0.0940. The van der Waals surface area contributed by atoms with Gasteiger partial charge in [-0.2, -0.15) is 15.3 Å². The lowest BCUT2D eigenvalue weighted by Gasteiger charge is -2.43. The van der Waals surface area contributed by atoms with Crippen molar-refractivity contribution in [2.75, 3.05) is 57.8 Å². The van der Waals surface area contributed by atoms with E-state index in [1.54, 1.807) is 6.07 Å². The van der Waals surface area contributed by atoms with Crippen molar-refractivity contribution in [3.05, 3.63) is 82.7 Å². The molecule has 3 aliphatic heterocycles. The number of nitrogens with one attached hydrogen (secondary N) is 2. The van der Waals surface area contributed by atoms with Crippen LogP contribution in [0.15, 0.2) is 60.2 Å². The highest BCUT2D eigenvalue weighted by Crippen LogP contribution is 2.32. The highest BCUT2D eigenvalue weighted by molar-refractivity contribution is 5.62. The lowest BCUT2D eigenvalue weighted by Crippen LogP contribution is -2.56. The minimum Gasteiger partial charge on any atom is -0.489 e. The molecule has 4 aliphatic rings. The summed E-state index contributed by atoms with van der Waals surface area (Å²) >= 11 is 0. The maximum absolute atomic E-state index is 11.1. The molecule has 3 aromatic rings. The molecule has 0 amide bonds. The van der Waals surface area contributed by atoms with Crippen molar-refractivity contribution < 1.29 is 14.6 Å². The van der Waals surface area contributed by atoms with Crippen molar-refractivity contribution in [2.45, 2.75) is 52.0 Å². The van der Waals surface area contributed by atoms with Crippen molar-refractivity contribution in [3.8, 4) is 23.2 Å². The van der Waals surface area contributed by atoms with Gasteiger partial charge in [-0.25, -0.2) is 9.97 Å². The average Bonchev–Trinajstić information content (AvgIpc) is 3.26. The van der Waals surface area contributed by atoms with Gasteiger partial charge in [0.25, 0.3) is 0 Å². The summed E-state index contributed by atoms with van der Waals surface area (Å²) in [4.78, 5) is 20.5. The van der Waals surface area contributed by atoms with Crippen LogP contribution in [0.4, 0.5) is 5.95 Å². The number of aromatic nitrogens is 5. The number of aliphatic hydroxyl groups excluding tert-OH is 1. The highest BCUT2D eigenvalue weighted by Gasteiger charge is 2.33. The van der Waals surface area contributed by atoms with E-state index >= 15 is 0 Å². The molecule has 3 saturated heterocycles. The molecule has 49 heavy (non-hydrogen) atoms. The Morgan fingerprint density at radius 1 is 1.12 bits per heavy atom. The van der Waals surface area contributed by atoms with E-state index in [0.717, 1.165) is 74.9 Å². The van der Waals surface area contributed by atoms with Crippen molar-refractivity contribution >= 4 is 5.95 Å². The molecule has 0 bridgehead atoms. The lowest BCUT2D eigenvalue weighted by atomic mass is 9.95. The number of nitriles is 1. The first-order valence-electron chi connectivity index (χ1n) is 17.1. The molecule has 3 fully saturated rings. The van der Waals surface area contributed by atoms with Gasteiger partial charge in [0, 0.05) is 79.8 Å². The maximum Gasteiger partial charge on any atom is 0.230 e. The van der Waals surface area contributed by atoms with Crippen LogP contribution in [0.5, 0.6) is 5.75 Å². The number of likely N-dealkylation sites (tertiary alicyclic amines) is 1. The number of rotatable bonds is 9. The summed E-state index contributed by atoms with van der Waals surface area (Å²) in [5.74, 6) is 1.55. The van der Waals surface area contributed by atoms with E-state index in [4.69, 9.17) is 9.47 Å². The van der Waals surface area contributed by atoms with Crippen LogP contribution in [0.2, 0.25) is 0 Å². The van der Waals surface area contributed by atoms with Crippen molar-refractivity contribution in [2.24, 2.45) is 5.92 Å². The standard InChI is InChI=1S/C36H44N10O3/c1-23-19-46(35(47)33-24(2)42-43-25(33)3)12-11-31(23)49-32-10-7-26(17-27(32)18-37)34-38-22-39-36(41-34)40-28-5-4-6-29(9-8-28)44-13-15-45(16-14-44)30-20-48-21-30/h4-5,7-10,17,22-23,30-31,35,47H,6,11-16,19-21H2,1-3H3,(H,42,43)(H,38,39,40,41)/t23-,31+,35?/m1/s1. The first-order valence-corrected chi connectivity index (χ1v) is 17.1. The van der Waals surface area contributed by atoms with Gasteiger partial charge in [0.1, 0.15) is 30.5 Å². The number of aryl methyl sites for hydroxylation is 2. The second-order valence-corrected chi connectivity index (χ2v) is 13.3. The van der Waals surface area contributed by atoms with Crippen LogP contribution in [0.25, 0.3) is 11.4 Å². The fourth-order valence-electron chi connectivity index (χ4n) is 7.07. The molecule has 5 heterocycles. The molecule has 1 aromatic carbocycles. The van der Waals surface area contributed by atoms with Gasteiger partial charge < -0.3 is 24.8 Å². The fraction of sp³-hybridized carbons (Fsp3) is 0.472. The normalized spacial score (nSPS) is 22.8. The number of hydrogen-bond donors (Lipinski definition) is 3. The van der Waals surface area contributed by atoms with E-state index in [9.17, 15) is 10.4 Å². The van der Waals surface area contributed by atoms with Gasteiger partial charge in [0.15, 0.2) is 5.82 Å². The number of allylic oxidation sites excluding steroid dienone is 4. The van der Waals surface area contributed by atoms with Gasteiger partial charge in [0.2, 0.25) is 5.95 Å². The Kier molecular flexibility index (Phi) is 9.72. The Hall–Kier alpha value is -4.61. The third-order valence-corrected chi connectivity index (χ3v) is 10.0.